The van der Waals surface area contributed by atoms with Gasteiger partial charge in [0, 0.05) is 11.3 Å². The van der Waals surface area contributed by atoms with Gasteiger partial charge >= 0.3 is 0 Å². The highest BCUT2D eigenvalue weighted by atomic mass is 16.3. The SMILES string of the molecule is CC1(O)CCC2C(CCC3C2CCC2(C)C(C(=O)Cn4ncc5ccccc54)CCC32)C1. The molecule has 4 nitrogen and oxygen atoms in total. The summed E-state index contributed by atoms with van der Waals surface area (Å²) in [4.78, 5) is 13.6. The second kappa shape index (κ2) is 7.41. The van der Waals surface area contributed by atoms with Crippen molar-refractivity contribution in [1.82, 2.24) is 9.78 Å². The number of nitrogens with zero attached hydrogens (tertiary/aromatic N) is 2. The van der Waals surface area contributed by atoms with E-state index in [1.165, 1.54) is 38.5 Å². The third kappa shape index (κ3) is 3.20. The van der Waals surface area contributed by atoms with Crippen LogP contribution in [0.5, 0.6) is 0 Å². The van der Waals surface area contributed by atoms with E-state index in [4.69, 9.17) is 0 Å². The molecule has 172 valence electrons. The van der Waals surface area contributed by atoms with Crippen molar-refractivity contribution in [3.63, 3.8) is 0 Å². The van der Waals surface area contributed by atoms with E-state index in [0.717, 1.165) is 53.8 Å². The summed E-state index contributed by atoms with van der Waals surface area (Å²) in [5.41, 5.74) is 0.781. The molecule has 0 radical (unpaired) electrons. The lowest BCUT2D eigenvalue weighted by molar-refractivity contribution is -0.133. The number of para-hydroxylation sites is 1. The van der Waals surface area contributed by atoms with E-state index >= 15 is 0 Å². The number of aliphatic hydroxyl groups is 1. The van der Waals surface area contributed by atoms with Crippen molar-refractivity contribution in [2.75, 3.05) is 0 Å². The molecule has 0 amide bonds. The van der Waals surface area contributed by atoms with Gasteiger partial charge in [0.2, 0.25) is 0 Å². The van der Waals surface area contributed by atoms with Gasteiger partial charge in [0.15, 0.2) is 5.78 Å². The Kier molecular flexibility index (Phi) is 4.84. The Bertz CT molecular complexity index is 1030. The first-order valence-electron chi connectivity index (χ1n) is 13.0. The van der Waals surface area contributed by atoms with Crippen molar-refractivity contribution >= 4 is 16.7 Å². The average molecular weight is 435 g/mol. The molecule has 4 aliphatic carbocycles. The van der Waals surface area contributed by atoms with Gasteiger partial charge in [-0.1, -0.05) is 25.1 Å². The van der Waals surface area contributed by atoms with Gasteiger partial charge < -0.3 is 5.11 Å². The molecule has 0 aliphatic heterocycles. The zero-order valence-electron chi connectivity index (χ0n) is 19.7. The van der Waals surface area contributed by atoms with E-state index in [1.807, 2.05) is 29.9 Å². The molecule has 1 aromatic heterocycles. The summed E-state index contributed by atoms with van der Waals surface area (Å²) in [6.07, 6.45) is 12.4. The lowest BCUT2D eigenvalue weighted by atomic mass is 9.49. The predicted molar refractivity (Wildman–Crippen MR) is 126 cm³/mol. The van der Waals surface area contributed by atoms with Gasteiger partial charge in [-0.2, -0.15) is 5.10 Å². The normalized spacial score (nSPS) is 43.5. The predicted octanol–water partition coefficient (Wildman–Crippen LogP) is 5.63. The second-order valence-corrected chi connectivity index (χ2v) is 12.2. The topological polar surface area (TPSA) is 55.1 Å². The molecule has 1 heterocycles. The van der Waals surface area contributed by atoms with Crippen molar-refractivity contribution in [3.8, 4) is 0 Å². The van der Waals surface area contributed by atoms with Crippen LogP contribution >= 0.6 is 0 Å². The van der Waals surface area contributed by atoms with E-state index in [-0.39, 0.29) is 11.3 Å². The Morgan fingerprint density at radius 2 is 1.84 bits per heavy atom. The smallest absolute Gasteiger partial charge is 0.157 e. The Hall–Kier alpha value is -1.68. The highest BCUT2D eigenvalue weighted by Crippen LogP contribution is 2.64. The van der Waals surface area contributed by atoms with Crippen LogP contribution in [-0.4, -0.2) is 26.3 Å². The molecule has 0 spiro atoms. The van der Waals surface area contributed by atoms with Gasteiger partial charge in [0.25, 0.3) is 0 Å². The fraction of sp³-hybridized carbons (Fsp3) is 0.714. The maximum Gasteiger partial charge on any atom is 0.157 e. The summed E-state index contributed by atoms with van der Waals surface area (Å²) in [7, 11) is 0. The number of carbonyl (C=O) groups is 1. The van der Waals surface area contributed by atoms with Crippen molar-refractivity contribution in [3.05, 3.63) is 30.5 Å². The summed E-state index contributed by atoms with van der Waals surface area (Å²) in [5.74, 6) is 4.42. The number of hydrogen-bond donors (Lipinski definition) is 1. The molecular weight excluding hydrogens is 396 g/mol. The fourth-order valence-corrected chi connectivity index (χ4v) is 9.02. The Balaban J connectivity index is 1.20. The van der Waals surface area contributed by atoms with E-state index in [9.17, 15) is 9.90 Å². The maximum atomic E-state index is 13.6. The molecule has 4 saturated carbocycles. The number of carbonyl (C=O) groups excluding carboxylic acids is 1. The number of ketones is 1. The van der Waals surface area contributed by atoms with Crippen molar-refractivity contribution in [2.45, 2.75) is 83.8 Å². The number of aromatic nitrogens is 2. The summed E-state index contributed by atoms with van der Waals surface area (Å²) in [5, 5.41) is 16.3. The van der Waals surface area contributed by atoms with Gasteiger partial charge in [-0.05, 0) is 106 Å². The first-order chi connectivity index (χ1) is 15.4. The highest BCUT2D eigenvalue weighted by molar-refractivity contribution is 5.85. The number of benzene rings is 1. The highest BCUT2D eigenvalue weighted by Gasteiger charge is 2.58. The molecule has 8 atom stereocenters. The summed E-state index contributed by atoms with van der Waals surface area (Å²) < 4.78 is 1.92. The molecule has 0 saturated heterocycles. The van der Waals surface area contributed by atoms with Crippen LogP contribution in [0.25, 0.3) is 10.9 Å². The minimum Gasteiger partial charge on any atom is -0.390 e. The van der Waals surface area contributed by atoms with E-state index in [0.29, 0.717) is 18.2 Å². The van der Waals surface area contributed by atoms with Crippen LogP contribution in [-0.2, 0) is 11.3 Å². The molecule has 1 aromatic carbocycles. The van der Waals surface area contributed by atoms with Crippen molar-refractivity contribution in [1.29, 1.82) is 0 Å². The molecule has 8 unspecified atom stereocenters. The van der Waals surface area contributed by atoms with Gasteiger partial charge in [-0.3, -0.25) is 9.48 Å². The fourth-order valence-electron chi connectivity index (χ4n) is 9.02. The summed E-state index contributed by atoms with van der Waals surface area (Å²) in [6.45, 7) is 4.90. The van der Waals surface area contributed by atoms with Crippen LogP contribution in [0.15, 0.2) is 30.5 Å². The lowest BCUT2D eigenvalue weighted by Gasteiger charge is -2.56. The number of fused-ring (bicyclic) bond motifs is 6. The largest absolute Gasteiger partial charge is 0.390 e. The van der Waals surface area contributed by atoms with E-state index in [1.54, 1.807) is 0 Å². The minimum atomic E-state index is -0.446. The van der Waals surface area contributed by atoms with Crippen molar-refractivity contribution in [2.24, 2.45) is 40.9 Å². The molecule has 1 N–H and O–H groups in total. The van der Waals surface area contributed by atoms with Crippen LogP contribution in [0, 0.1) is 40.9 Å². The van der Waals surface area contributed by atoms with Crippen LogP contribution in [0.3, 0.4) is 0 Å². The average Bonchev–Trinajstić information content (AvgIpc) is 3.33. The van der Waals surface area contributed by atoms with Crippen LogP contribution in [0.1, 0.15) is 71.6 Å². The Morgan fingerprint density at radius 3 is 2.72 bits per heavy atom. The van der Waals surface area contributed by atoms with Gasteiger partial charge in [0.05, 0.1) is 17.3 Å². The third-order valence-corrected chi connectivity index (χ3v) is 10.5. The monoisotopic (exact) mass is 434 g/mol. The Labute approximate surface area is 191 Å². The molecule has 4 fully saturated rings. The first kappa shape index (κ1) is 20.9. The minimum absolute atomic E-state index is 0.161. The third-order valence-electron chi connectivity index (χ3n) is 10.5. The maximum absolute atomic E-state index is 13.6. The Morgan fingerprint density at radius 1 is 1.03 bits per heavy atom. The van der Waals surface area contributed by atoms with Crippen molar-refractivity contribution < 1.29 is 9.90 Å². The number of hydrogen-bond acceptors (Lipinski definition) is 3. The molecular formula is C28H38N2O2. The first-order valence-corrected chi connectivity index (χ1v) is 13.0. The lowest BCUT2D eigenvalue weighted by Crippen LogP contribution is -2.51. The van der Waals surface area contributed by atoms with Crippen LogP contribution < -0.4 is 0 Å². The number of rotatable bonds is 3. The summed E-state index contributed by atoms with van der Waals surface area (Å²) >= 11 is 0. The molecule has 4 aliphatic rings. The molecule has 32 heavy (non-hydrogen) atoms. The number of Topliss-reactive ketones (excluding diaryl/α,β-unsaturated/α-hetero) is 1. The van der Waals surface area contributed by atoms with Crippen LogP contribution in [0.4, 0.5) is 0 Å². The zero-order valence-corrected chi connectivity index (χ0v) is 19.7. The molecule has 2 aromatic rings. The van der Waals surface area contributed by atoms with E-state index < -0.39 is 5.60 Å². The molecule has 4 heteroatoms. The standard InChI is InChI=1S/C28H38N2O2/c1-27(32)13-11-20-18(15-27)7-8-22-21(20)12-14-28(2)23(22)9-10-24(28)26(31)17-30-25-6-4-3-5-19(25)16-29-30/h3-6,16,18,20-24,32H,7-15,17H2,1-2H3. The summed E-state index contributed by atoms with van der Waals surface area (Å²) in [6, 6.07) is 8.19. The molecule has 6 rings (SSSR count). The quantitative estimate of drug-likeness (QED) is 0.682. The zero-order chi connectivity index (χ0) is 22.1. The van der Waals surface area contributed by atoms with Gasteiger partial charge in [-0.15, -0.1) is 0 Å². The molecule has 0 bridgehead atoms. The van der Waals surface area contributed by atoms with E-state index in [2.05, 4.69) is 24.2 Å². The van der Waals surface area contributed by atoms with Crippen LogP contribution in [0.2, 0.25) is 0 Å². The van der Waals surface area contributed by atoms with Gasteiger partial charge in [0.1, 0.15) is 6.54 Å². The second-order valence-electron chi connectivity index (χ2n) is 12.2. The van der Waals surface area contributed by atoms with Gasteiger partial charge in [-0.25, -0.2) is 0 Å².